The standard InChI is InChI=1S/C10H14FNO/c11-10-3-1-2-8(5-10)4-9(6-12)7-13/h1-3,5,9,13H,4,6-7,12H2. The van der Waals surface area contributed by atoms with Crippen LogP contribution in [0.4, 0.5) is 4.39 Å². The molecule has 1 unspecified atom stereocenters. The van der Waals surface area contributed by atoms with Crippen molar-refractivity contribution in [2.24, 2.45) is 11.7 Å². The Morgan fingerprint density at radius 3 is 2.77 bits per heavy atom. The van der Waals surface area contributed by atoms with E-state index in [4.69, 9.17) is 10.8 Å². The summed E-state index contributed by atoms with van der Waals surface area (Å²) in [5.41, 5.74) is 6.29. The van der Waals surface area contributed by atoms with E-state index in [0.29, 0.717) is 13.0 Å². The van der Waals surface area contributed by atoms with Crippen molar-refractivity contribution in [3.8, 4) is 0 Å². The van der Waals surface area contributed by atoms with E-state index < -0.39 is 0 Å². The maximum Gasteiger partial charge on any atom is 0.123 e. The molecule has 0 aliphatic rings. The fourth-order valence-electron chi connectivity index (χ4n) is 1.22. The second-order valence-electron chi connectivity index (χ2n) is 3.12. The maximum absolute atomic E-state index is 12.7. The average molecular weight is 183 g/mol. The number of rotatable bonds is 4. The summed E-state index contributed by atoms with van der Waals surface area (Å²) in [6.45, 7) is 0.472. The van der Waals surface area contributed by atoms with Crippen LogP contribution in [0.5, 0.6) is 0 Å². The fourth-order valence-corrected chi connectivity index (χ4v) is 1.22. The molecule has 0 saturated heterocycles. The van der Waals surface area contributed by atoms with Crippen molar-refractivity contribution < 1.29 is 9.50 Å². The van der Waals surface area contributed by atoms with Gasteiger partial charge in [-0.1, -0.05) is 12.1 Å². The van der Waals surface area contributed by atoms with E-state index in [-0.39, 0.29) is 18.3 Å². The van der Waals surface area contributed by atoms with Crippen LogP contribution < -0.4 is 5.73 Å². The number of hydrogen-bond acceptors (Lipinski definition) is 2. The highest BCUT2D eigenvalue weighted by Gasteiger charge is 2.06. The molecule has 0 fully saturated rings. The lowest BCUT2D eigenvalue weighted by Crippen LogP contribution is -2.20. The van der Waals surface area contributed by atoms with Crippen molar-refractivity contribution in [1.82, 2.24) is 0 Å². The summed E-state index contributed by atoms with van der Waals surface area (Å²) in [6.07, 6.45) is 0.630. The number of aliphatic hydroxyl groups is 1. The Morgan fingerprint density at radius 2 is 2.23 bits per heavy atom. The smallest absolute Gasteiger partial charge is 0.123 e. The van der Waals surface area contributed by atoms with Crippen LogP contribution in [-0.2, 0) is 6.42 Å². The van der Waals surface area contributed by atoms with Crippen LogP contribution in [-0.4, -0.2) is 18.3 Å². The first-order chi connectivity index (χ1) is 6.26. The second kappa shape index (κ2) is 4.94. The van der Waals surface area contributed by atoms with Crippen LogP contribution in [0.3, 0.4) is 0 Å². The molecule has 1 rings (SSSR count). The van der Waals surface area contributed by atoms with Gasteiger partial charge in [-0.05, 0) is 36.6 Å². The van der Waals surface area contributed by atoms with E-state index in [9.17, 15) is 4.39 Å². The van der Waals surface area contributed by atoms with E-state index in [2.05, 4.69) is 0 Å². The Hall–Kier alpha value is -0.930. The average Bonchev–Trinajstić information content (AvgIpc) is 2.14. The van der Waals surface area contributed by atoms with Crippen molar-refractivity contribution in [2.45, 2.75) is 6.42 Å². The van der Waals surface area contributed by atoms with E-state index in [1.165, 1.54) is 12.1 Å². The van der Waals surface area contributed by atoms with Crippen LogP contribution >= 0.6 is 0 Å². The molecule has 0 bridgehead atoms. The van der Waals surface area contributed by atoms with Gasteiger partial charge in [0.15, 0.2) is 0 Å². The molecule has 72 valence electrons. The van der Waals surface area contributed by atoms with E-state index >= 15 is 0 Å². The van der Waals surface area contributed by atoms with Crippen LogP contribution in [0.15, 0.2) is 24.3 Å². The third-order valence-electron chi connectivity index (χ3n) is 2.00. The minimum atomic E-state index is -0.244. The molecule has 0 heterocycles. The molecule has 0 aromatic heterocycles. The minimum Gasteiger partial charge on any atom is -0.396 e. The molecule has 13 heavy (non-hydrogen) atoms. The molecule has 0 spiro atoms. The Bertz CT molecular complexity index is 261. The summed E-state index contributed by atoms with van der Waals surface area (Å²) in [5.74, 6) is -0.215. The van der Waals surface area contributed by atoms with Gasteiger partial charge in [0, 0.05) is 6.61 Å². The van der Waals surface area contributed by atoms with Crippen molar-refractivity contribution in [1.29, 1.82) is 0 Å². The largest absolute Gasteiger partial charge is 0.396 e. The van der Waals surface area contributed by atoms with Gasteiger partial charge in [0.05, 0.1) is 0 Å². The lowest BCUT2D eigenvalue weighted by Gasteiger charge is -2.10. The van der Waals surface area contributed by atoms with Gasteiger partial charge >= 0.3 is 0 Å². The molecule has 3 N–H and O–H groups in total. The van der Waals surface area contributed by atoms with Crippen LogP contribution in [0, 0.1) is 11.7 Å². The van der Waals surface area contributed by atoms with E-state index in [0.717, 1.165) is 5.56 Å². The van der Waals surface area contributed by atoms with Crippen LogP contribution in [0.1, 0.15) is 5.56 Å². The maximum atomic E-state index is 12.7. The van der Waals surface area contributed by atoms with Gasteiger partial charge in [-0.25, -0.2) is 4.39 Å². The third kappa shape index (κ3) is 3.13. The predicted molar refractivity (Wildman–Crippen MR) is 49.7 cm³/mol. The van der Waals surface area contributed by atoms with Crippen LogP contribution in [0.25, 0.3) is 0 Å². The van der Waals surface area contributed by atoms with Crippen molar-refractivity contribution >= 4 is 0 Å². The number of hydrogen-bond donors (Lipinski definition) is 2. The zero-order chi connectivity index (χ0) is 9.68. The Morgan fingerprint density at radius 1 is 1.46 bits per heavy atom. The number of aliphatic hydroxyl groups excluding tert-OH is 1. The molecule has 1 aromatic carbocycles. The third-order valence-corrected chi connectivity index (χ3v) is 2.00. The van der Waals surface area contributed by atoms with Gasteiger partial charge in [0.2, 0.25) is 0 Å². The van der Waals surface area contributed by atoms with Crippen molar-refractivity contribution in [3.05, 3.63) is 35.6 Å². The number of benzene rings is 1. The first kappa shape index (κ1) is 10.2. The molecule has 0 saturated carbocycles. The zero-order valence-electron chi connectivity index (χ0n) is 7.41. The molecule has 0 aliphatic heterocycles. The zero-order valence-corrected chi connectivity index (χ0v) is 7.41. The normalized spacial score (nSPS) is 12.8. The molecule has 2 nitrogen and oxygen atoms in total. The van der Waals surface area contributed by atoms with Gasteiger partial charge in [-0.2, -0.15) is 0 Å². The van der Waals surface area contributed by atoms with Gasteiger partial charge in [0.1, 0.15) is 5.82 Å². The van der Waals surface area contributed by atoms with Crippen LogP contribution in [0.2, 0.25) is 0 Å². The van der Waals surface area contributed by atoms with Gasteiger partial charge in [0.25, 0.3) is 0 Å². The van der Waals surface area contributed by atoms with E-state index in [1.54, 1.807) is 6.07 Å². The SMILES string of the molecule is NCC(CO)Cc1cccc(F)c1. The highest BCUT2D eigenvalue weighted by molar-refractivity contribution is 5.16. The second-order valence-corrected chi connectivity index (χ2v) is 3.12. The molecular weight excluding hydrogens is 169 g/mol. The highest BCUT2D eigenvalue weighted by atomic mass is 19.1. The van der Waals surface area contributed by atoms with Gasteiger partial charge in [-0.15, -0.1) is 0 Å². The molecule has 1 atom stereocenters. The molecular formula is C10H14FNO. The highest BCUT2D eigenvalue weighted by Crippen LogP contribution is 2.09. The topological polar surface area (TPSA) is 46.2 Å². The molecule has 0 amide bonds. The summed E-state index contributed by atoms with van der Waals surface area (Å²) >= 11 is 0. The number of halogens is 1. The molecule has 0 aliphatic carbocycles. The van der Waals surface area contributed by atoms with Gasteiger partial charge in [-0.3, -0.25) is 0 Å². The van der Waals surface area contributed by atoms with Gasteiger partial charge < -0.3 is 10.8 Å². The Balaban J connectivity index is 2.62. The Kier molecular flexibility index (Phi) is 3.86. The summed E-state index contributed by atoms with van der Waals surface area (Å²) in [5, 5.41) is 8.88. The first-order valence-corrected chi connectivity index (χ1v) is 4.31. The number of nitrogens with two attached hydrogens (primary N) is 1. The molecule has 0 radical (unpaired) electrons. The summed E-state index contributed by atoms with van der Waals surface area (Å²) < 4.78 is 12.7. The monoisotopic (exact) mass is 183 g/mol. The minimum absolute atomic E-state index is 0.0294. The lowest BCUT2D eigenvalue weighted by molar-refractivity contribution is 0.229. The van der Waals surface area contributed by atoms with E-state index in [1.807, 2.05) is 6.07 Å². The Labute approximate surface area is 77.2 Å². The van der Waals surface area contributed by atoms with Crippen molar-refractivity contribution in [3.63, 3.8) is 0 Å². The quantitative estimate of drug-likeness (QED) is 0.729. The lowest BCUT2D eigenvalue weighted by atomic mass is 10.0. The fraction of sp³-hybridized carbons (Fsp3) is 0.400. The van der Waals surface area contributed by atoms with Crippen molar-refractivity contribution in [2.75, 3.05) is 13.2 Å². The summed E-state index contributed by atoms with van der Waals surface area (Å²) in [7, 11) is 0. The summed E-state index contributed by atoms with van der Waals surface area (Å²) in [6, 6.07) is 6.37. The first-order valence-electron chi connectivity index (χ1n) is 4.31. The predicted octanol–water partition coefficient (Wildman–Crippen LogP) is 0.935. The summed E-state index contributed by atoms with van der Waals surface area (Å²) in [4.78, 5) is 0. The molecule has 1 aromatic rings. The molecule has 3 heteroatoms.